The Kier molecular flexibility index (Phi) is 3.14. The zero-order valence-corrected chi connectivity index (χ0v) is 10.3. The second-order valence-corrected chi connectivity index (χ2v) is 4.28. The number of nitrogens with one attached hydrogen (secondary N) is 1. The van der Waals surface area contributed by atoms with Crippen LogP contribution in [-0.2, 0) is 4.84 Å². The quantitative estimate of drug-likeness (QED) is 0.893. The Morgan fingerprint density at radius 2 is 2.22 bits per heavy atom. The van der Waals surface area contributed by atoms with Crippen LogP contribution in [0.1, 0.15) is 6.42 Å². The van der Waals surface area contributed by atoms with E-state index in [1.165, 1.54) is 6.33 Å². The molecule has 1 aliphatic heterocycles. The van der Waals surface area contributed by atoms with Crippen molar-refractivity contribution in [1.82, 2.24) is 20.4 Å². The van der Waals surface area contributed by atoms with Crippen LogP contribution in [0.5, 0.6) is 0 Å². The third kappa shape index (κ3) is 2.05. The lowest BCUT2D eigenvalue weighted by molar-refractivity contribution is 0.00686. The highest BCUT2D eigenvalue weighted by atomic mass is 35.5. The molecule has 6 nitrogen and oxygen atoms in total. The molecule has 1 saturated heterocycles. The largest absolute Gasteiger partial charge is 0.282 e. The number of aromatic nitrogens is 3. The van der Waals surface area contributed by atoms with Crippen molar-refractivity contribution in [3.63, 3.8) is 0 Å². The molecule has 2 aromatic rings. The van der Waals surface area contributed by atoms with Crippen molar-refractivity contribution in [3.8, 4) is 5.69 Å². The predicted molar refractivity (Wildman–Crippen MR) is 67.4 cm³/mol. The summed E-state index contributed by atoms with van der Waals surface area (Å²) in [6, 6.07) is 7.51. The van der Waals surface area contributed by atoms with Crippen LogP contribution in [0.4, 0.5) is 5.95 Å². The van der Waals surface area contributed by atoms with Gasteiger partial charge in [0.15, 0.2) is 0 Å². The molecule has 0 saturated carbocycles. The Bertz CT molecular complexity index is 538. The van der Waals surface area contributed by atoms with Crippen LogP contribution in [0.3, 0.4) is 0 Å². The van der Waals surface area contributed by atoms with Gasteiger partial charge in [-0.25, -0.2) is 0 Å². The lowest BCUT2D eigenvalue weighted by Crippen LogP contribution is -2.45. The van der Waals surface area contributed by atoms with E-state index in [0.29, 0.717) is 17.6 Å². The van der Waals surface area contributed by atoms with Gasteiger partial charge in [0, 0.05) is 6.54 Å². The Balaban J connectivity index is 1.98. The highest BCUT2D eigenvalue weighted by molar-refractivity contribution is 6.32. The summed E-state index contributed by atoms with van der Waals surface area (Å²) in [5, 5.41) is 6.64. The van der Waals surface area contributed by atoms with Gasteiger partial charge in [0.2, 0.25) is 5.95 Å². The van der Waals surface area contributed by atoms with Crippen LogP contribution in [0.25, 0.3) is 5.69 Å². The third-order valence-corrected chi connectivity index (χ3v) is 2.97. The van der Waals surface area contributed by atoms with Crippen molar-refractivity contribution in [2.24, 2.45) is 0 Å². The standard InChI is InChI=1S/C11H12ClN5O/c12-9-4-1-2-5-10(9)17-11(13-8-14-17)16-6-3-7-18-15-16/h1-2,4-5,8,15H,3,6-7H2. The van der Waals surface area contributed by atoms with Gasteiger partial charge in [-0.15, -0.1) is 5.59 Å². The highest BCUT2D eigenvalue weighted by Crippen LogP contribution is 2.23. The first kappa shape index (κ1) is 11.5. The van der Waals surface area contributed by atoms with E-state index in [2.05, 4.69) is 15.7 Å². The van der Waals surface area contributed by atoms with Crippen molar-refractivity contribution in [3.05, 3.63) is 35.6 Å². The zero-order chi connectivity index (χ0) is 12.4. The van der Waals surface area contributed by atoms with Crippen LogP contribution < -0.4 is 10.6 Å². The van der Waals surface area contributed by atoms with E-state index in [4.69, 9.17) is 16.4 Å². The average molecular weight is 266 g/mol. The molecule has 1 aromatic carbocycles. The SMILES string of the molecule is Clc1ccccc1-n1ncnc1N1CCCON1. The molecule has 2 heterocycles. The van der Waals surface area contributed by atoms with Gasteiger partial charge in [-0.3, -0.25) is 9.85 Å². The van der Waals surface area contributed by atoms with Gasteiger partial charge in [0.05, 0.1) is 17.3 Å². The maximum Gasteiger partial charge on any atom is 0.245 e. The minimum atomic E-state index is 0.627. The molecular formula is C11H12ClN5O. The van der Waals surface area contributed by atoms with Crippen molar-refractivity contribution in [1.29, 1.82) is 0 Å². The van der Waals surface area contributed by atoms with E-state index in [9.17, 15) is 0 Å². The number of rotatable bonds is 2. The monoisotopic (exact) mass is 265 g/mol. The molecule has 1 N–H and O–H groups in total. The fraction of sp³-hybridized carbons (Fsp3) is 0.273. The van der Waals surface area contributed by atoms with Gasteiger partial charge >= 0.3 is 0 Å². The predicted octanol–water partition coefficient (Wildman–Crippen LogP) is 1.57. The molecular weight excluding hydrogens is 254 g/mol. The van der Waals surface area contributed by atoms with Gasteiger partial charge in [0.1, 0.15) is 6.33 Å². The lowest BCUT2D eigenvalue weighted by atomic mass is 10.3. The summed E-state index contributed by atoms with van der Waals surface area (Å²) in [4.78, 5) is 9.42. The number of benzene rings is 1. The van der Waals surface area contributed by atoms with Crippen LogP contribution in [-0.4, -0.2) is 27.9 Å². The second kappa shape index (κ2) is 4.93. The molecule has 0 atom stereocenters. The fourth-order valence-corrected chi connectivity index (χ4v) is 2.03. The van der Waals surface area contributed by atoms with Gasteiger partial charge in [-0.1, -0.05) is 23.7 Å². The van der Waals surface area contributed by atoms with Crippen molar-refractivity contribution >= 4 is 17.5 Å². The highest BCUT2D eigenvalue weighted by Gasteiger charge is 2.18. The number of anilines is 1. The Hall–Kier alpha value is -1.63. The van der Waals surface area contributed by atoms with Crippen molar-refractivity contribution < 1.29 is 4.84 Å². The van der Waals surface area contributed by atoms with E-state index in [0.717, 1.165) is 18.7 Å². The van der Waals surface area contributed by atoms with E-state index < -0.39 is 0 Å². The average Bonchev–Trinajstić information content (AvgIpc) is 2.89. The molecule has 0 radical (unpaired) electrons. The summed E-state index contributed by atoms with van der Waals surface area (Å²) in [7, 11) is 0. The first-order chi connectivity index (χ1) is 8.86. The summed E-state index contributed by atoms with van der Waals surface area (Å²) >= 11 is 6.17. The van der Waals surface area contributed by atoms with Crippen LogP contribution in [0, 0.1) is 0 Å². The molecule has 94 valence electrons. The molecule has 1 fully saturated rings. The molecule has 0 unspecified atom stereocenters. The van der Waals surface area contributed by atoms with E-state index >= 15 is 0 Å². The normalized spacial score (nSPS) is 15.9. The summed E-state index contributed by atoms with van der Waals surface area (Å²) < 4.78 is 1.68. The Morgan fingerprint density at radius 3 is 3.00 bits per heavy atom. The minimum Gasteiger partial charge on any atom is -0.282 e. The Morgan fingerprint density at radius 1 is 1.33 bits per heavy atom. The van der Waals surface area contributed by atoms with E-state index in [1.807, 2.05) is 24.3 Å². The topological polar surface area (TPSA) is 55.2 Å². The Labute approximate surface area is 109 Å². The molecule has 3 rings (SSSR count). The summed E-state index contributed by atoms with van der Waals surface area (Å²) in [5.74, 6) is 0.655. The number of hydrogen-bond acceptors (Lipinski definition) is 5. The molecule has 7 heteroatoms. The number of para-hydroxylation sites is 1. The summed E-state index contributed by atoms with van der Waals surface area (Å²) in [5.41, 5.74) is 3.61. The number of nitrogens with zero attached hydrogens (tertiary/aromatic N) is 4. The fourth-order valence-electron chi connectivity index (χ4n) is 1.82. The van der Waals surface area contributed by atoms with Crippen molar-refractivity contribution in [2.45, 2.75) is 6.42 Å². The second-order valence-electron chi connectivity index (χ2n) is 3.87. The number of hydrazine groups is 1. The minimum absolute atomic E-state index is 0.627. The number of halogens is 1. The molecule has 18 heavy (non-hydrogen) atoms. The van der Waals surface area contributed by atoms with Crippen LogP contribution in [0.2, 0.25) is 5.02 Å². The summed E-state index contributed by atoms with van der Waals surface area (Å²) in [6.07, 6.45) is 2.43. The summed E-state index contributed by atoms with van der Waals surface area (Å²) in [6.45, 7) is 1.50. The van der Waals surface area contributed by atoms with Gasteiger partial charge < -0.3 is 0 Å². The molecule has 0 aliphatic carbocycles. The first-order valence-corrected chi connectivity index (χ1v) is 6.04. The third-order valence-electron chi connectivity index (χ3n) is 2.65. The van der Waals surface area contributed by atoms with Gasteiger partial charge in [-0.2, -0.15) is 14.8 Å². The smallest absolute Gasteiger partial charge is 0.245 e. The molecule has 0 spiro atoms. The molecule has 0 bridgehead atoms. The lowest BCUT2D eigenvalue weighted by Gasteiger charge is -2.27. The number of hydrogen-bond donors (Lipinski definition) is 1. The molecule has 0 amide bonds. The zero-order valence-electron chi connectivity index (χ0n) is 9.58. The first-order valence-electron chi connectivity index (χ1n) is 5.66. The van der Waals surface area contributed by atoms with Crippen LogP contribution >= 0.6 is 11.6 Å². The molecule has 1 aliphatic rings. The van der Waals surface area contributed by atoms with E-state index in [1.54, 1.807) is 9.69 Å². The van der Waals surface area contributed by atoms with Gasteiger partial charge in [-0.05, 0) is 18.6 Å². The van der Waals surface area contributed by atoms with Gasteiger partial charge in [0.25, 0.3) is 0 Å². The molecule has 1 aromatic heterocycles. The maximum atomic E-state index is 6.17. The van der Waals surface area contributed by atoms with Crippen molar-refractivity contribution in [2.75, 3.05) is 18.2 Å². The van der Waals surface area contributed by atoms with Crippen LogP contribution in [0.15, 0.2) is 30.6 Å². The maximum absolute atomic E-state index is 6.17. The van der Waals surface area contributed by atoms with E-state index in [-0.39, 0.29) is 0 Å².